The summed E-state index contributed by atoms with van der Waals surface area (Å²) in [5.41, 5.74) is 0.150. The number of hydrogen-bond donors (Lipinski definition) is 2. The van der Waals surface area contributed by atoms with Gasteiger partial charge in [0, 0.05) is 11.1 Å². The third-order valence-electron chi connectivity index (χ3n) is 3.95. The van der Waals surface area contributed by atoms with Crippen molar-refractivity contribution in [3.8, 4) is 28.7 Å². The lowest BCUT2D eigenvalue weighted by atomic mass is 10.1. The zero-order valence-electron chi connectivity index (χ0n) is 15.7. The average Bonchev–Trinajstić information content (AvgIpc) is 3.17. The van der Waals surface area contributed by atoms with Crippen molar-refractivity contribution >= 4 is 10.0 Å². The second kappa shape index (κ2) is 7.70. The van der Waals surface area contributed by atoms with Crippen LogP contribution in [0.2, 0.25) is 0 Å². The molecule has 148 valence electrons. The Bertz CT molecular complexity index is 1060. The number of hydrogen-bond acceptors (Lipinski definition) is 7. The summed E-state index contributed by atoms with van der Waals surface area (Å²) in [6.45, 7) is 2.79. The van der Waals surface area contributed by atoms with Gasteiger partial charge in [0.15, 0.2) is 0 Å². The van der Waals surface area contributed by atoms with Crippen molar-refractivity contribution in [1.29, 1.82) is 0 Å². The number of sulfonamides is 1. The van der Waals surface area contributed by atoms with Crippen LogP contribution in [0.5, 0.6) is 5.75 Å². The molecule has 0 amide bonds. The molecule has 0 aliphatic rings. The smallest absolute Gasteiger partial charge is 0.248 e. The van der Waals surface area contributed by atoms with Crippen molar-refractivity contribution in [1.82, 2.24) is 14.9 Å². The number of nitrogens with zero attached hydrogens (tertiary/aromatic N) is 2. The molecule has 0 spiro atoms. The van der Waals surface area contributed by atoms with Gasteiger partial charge in [0.1, 0.15) is 10.6 Å². The third kappa shape index (κ3) is 4.22. The van der Waals surface area contributed by atoms with Gasteiger partial charge >= 0.3 is 0 Å². The lowest BCUT2D eigenvalue weighted by Gasteiger charge is -2.23. The third-order valence-corrected chi connectivity index (χ3v) is 5.67. The van der Waals surface area contributed by atoms with Crippen LogP contribution < -0.4 is 9.46 Å². The van der Waals surface area contributed by atoms with Gasteiger partial charge in [0.05, 0.1) is 19.3 Å². The van der Waals surface area contributed by atoms with E-state index >= 15 is 0 Å². The van der Waals surface area contributed by atoms with Gasteiger partial charge in [0.2, 0.25) is 21.8 Å². The summed E-state index contributed by atoms with van der Waals surface area (Å²) >= 11 is 0. The molecule has 1 aromatic heterocycles. The first-order valence-corrected chi connectivity index (χ1v) is 9.96. The second-order valence-corrected chi connectivity index (χ2v) is 8.44. The summed E-state index contributed by atoms with van der Waals surface area (Å²) in [6.07, 6.45) is 0. The lowest BCUT2D eigenvalue weighted by molar-refractivity contribution is 0.208. The zero-order valence-corrected chi connectivity index (χ0v) is 16.5. The van der Waals surface area contributed by atoms with E-state index in [-0.39, 0.29) is 23.1 Å². The van der Waals surface area contributed by atoms with Crippen LogP contribution in [0.1, 0.15) is 13.8 Å². The molecule has 2 N–H and O–H groups in total. The van der Waals surface area contributed by atoms with Gasteiger partial charge < -0.3 is 14.3 Å². The summed E-state index contributed by atoms with van der Waals surface area (Å²) in [5.74, 6) is 0.669. The highest BCUT2D eigenvalue weighted by Gasteiger charge is 2.28. The monoisotopic (exact) mass is 403 g/mol. The molecule has 2 aromatic carbocycles. The molecule has 1 heterocycles. The van der Waals surface area contributed by atoms with Gasteiger partial charge in [-0.25, -0.2) is 13.1 Å². The lowest BCUT2D eigenvalue weighted by Crippen LogP contribution is -2.46. The van der Waals surface area contributed by atoms with E-state index in [1.54, 1.807) is 19.9 Å². The number of nitrogens with one attached hydrogen (secondary N) is 1. The number of benzene rings is 2. The van der Waals surface area contributed by atoms with Crippen LogP contribution in [-0.2, 0) is 10.0 Å². The Morgan fingerprint density at radius 2 is 1.71 bits per heavy atom. The van der Waals surface area contributed by atoms with Crippen LogP contribution in [0.15, 0.2) is 57.8 Å². The molecule has 0 aliphatic heterocycles. The van der Waals surface area contributed by atoms with Gasteiger partial charge in [-0.1, -0.05) is 18.2 Å². The first-order valence-electron chi connectivity index (χ1n) is 8.48. The number of ether oxygens (including phenoxy) is 1. The quantitative estimate of drug-likeness (QED) is 0.623. The molecular weight excluding hydrogens is 382 g/mol. The Morgan fingerprint density at radius 1 is 1.07 bits per heavy atom. The summed E-state index contributed by atoms with van der Waals surface area (Å²) in [6, 6.07) is 13.8. The van der Waals surface area contributed by atoms with Crippen LogP contribution in [0.25, 0.3) is 22.9 Å². The maximum atomic E-state index is 12.8. The average molecular weight is 403 g/mol. The highest BCUT2D eigenvalue weighted by Crippen LogP contribution is 2.31. The first-order chi connectivity index (χ1) is 13.3. The van der Waals surface area contributed by atoms with Gasteiger partial charge in [0.25, 0.3) is 0 Å². The number of rotatable bonds is 7. The predicted molar refractivity (Wildman–Crippen MR) is 103 cm³/mol. The fourth-order valence-corrected chi connectivity index (χ4v) is 4.11. The fraction of sp³-hybridized carbons (Fsp3) is 0.263. The van der Waals surface area contributed by atoms with Crippen LogP contribution in [0.3, 0.4) is 0 Å². The molecule has 9 heteroatoms. The standard InChI is InChI=1S/C19H21N3O5S/c1-19(2,12-23)22-28(24,25)16-11-14(9-10-15(16)26-3)18-21-20-17(27-18)13-7-5-4-6-8-13/h4-11,22-23H,12H2,1-3H3. The van der Waals surface area contributed by atoms with E-state index in [1.807, 2.05) is 30.3 Å². The second-order valence-electron chi connectivity index (χ2n) is 6.79. The van der Waals surface area contributed by atoms with E-state index in [4.69, 9.17) is 9.15 Å². The van der Waals surface area contributed by atoms with Crippen LogP contribution >= 0.6 is 0 Å². The van der Waals surface area contributed by atoms with E-state index < -0.39 is 15.6 Å². The zero-order chi connectivity index (χ0) is 20.4. The molecule has 3 rings (SSSR count). The van der Waals surface area contributed by atoms with Gasteiger partial charge in [-0.2, -0.15) is 0 Å². The van der Waals surface area contributed by atoms with Crippen LogP contribution in [0, 0.1) is 0 Å². The molecule has 0 radical (unpaired) electrons. The molecule has 0 atom stereocenters. The molecule has 0 saturated carbocycles. The van der Waals surface area contributed by atoms with Gasteiger partial charge in [-0.15, -0.1) is 10.2 Å². The predicted octanol–water partition coefficient (Wildman–Crippen LogP) is 2.46. The Balaban J connectivity index is 2.01. The maximum Gasteiger partial charge on any atom is 0.248 e. The maximum absolute atomic E-state index is 12.8. The number of aromatic nitrogens is 2. The summed E-state index contributed by atoms with van der Waals surface area (Å²) in [4.78, 5) is -0.0894. The van der Waals surface area contributed by atoms with Crippen molar-refractivity contribution in [2.24, 2.45) is 0 Å². The highest BCUT2D eigenvalue weighted by atomic mass is 32.2. The largest absolute Gasteiger partial charge is 0.495 e. The minimum Gasteiger partial charge on any atom is -0.495 e. The van der Waals surface area contributed by atoms with Crippen molar-refractivity contribution in [3.63, 3.8) is 0 Å². The van der Waals surface area contributed by atoms with E-state index in [1.165, 1.54) is 19.2 Å². The molecule has 0 aliphatic carbocycles. The van der Waals surface area contributed by atoms with Gasteiger partial charge in [-0.3, -0.25) is 0 Å². The Hall–Kier alpha value is -2.75. The number of aliphatic hydroxyl groups is 1. The van der Waals surface area contributed by atoms with Crippen LogP contribution in [0.4, 0.5) is 0 Å². The molecule has 8 nitrogen and oxygen atoms in total. The van der Waals surface area contributed by atoms with Gasteiger partial charge in [-0.05, 0) is 44.2 Å². The molecule has 28 heavy (non-hydrogen) atoms. The van der Waals surface area contributed by atoms with Crippen LogP contribution in [-0.4, -0.2) is 43.0 Å². The summed E-state index contributed by atoms with van der Waals surface area (Å²) in [7, 11) is -2.59. The molecule has 0 bridgehead atoms. The number of methoxy groups -OCH3 is 1. The number of aliphatic hydroxyl groups excluding tert-OH is 1. The van der Waals surface area contributed by atoms with E-state index in [2.05, 4.69) is 14.9 Å². The Morgan fingerprint density at radius 3 is 2.32 bits per heavy atom. The normalized spacial score (nSPS) is 12.1. The fourth-order valence-electron chi connectivity index (χ4n) is 2.51. The van der Waals surface area contributed by atoms with Crippen molar-refractivity contribution < 1.29 is 22.7 Å². The molecule has 0 unspecified atom stereocenters. The summed E-state index contributed by atoms with van der Waals surface area (Å²) in [5, 5.41) is 17.4. The SMILES string of the molecule is COc1ccc(-c2nnc(-c3ccccc3)o2)cc1S(=O)(=O)NC(C)(C)CO. The highest BCUT2D eigenvalue weighted by molar-refractivity contribution is 7.89. The molecular formula is C19H21N3O5S. The van der Waals surface area contributed by atoms with Crippen molar-refractivity contribution in [2.75, 3.05) is 13.7 Å². The van der Waals surface area contributed by atoms with E-state index in [0.29, 0.717) is 11.5 Å². The van der Waals surface area contributed by atoms with Crippen molar-refractivity contribution in [2.45, 2.75) is 24.3 Å². The first kappa shape index (κ1) is 20.0. The van der Waals surface area contributed by atoms with Crippen molar-refractivity contribution in [3.05, 3.63) is 48.5 Å². The Labute approximate surface area is 163 Å². The van der Waals surface area contributed by atoms with E-state index in [9.17, 15) is 13.5 Å². The minimum absolute atomic E-state index is 0.0894. The Kier molecular flexibility index (Phi) is 5.50. The minimum atomic E-state index is -3.97. The molecule has 0 fully saturated rings. The molecule has 3 aromatic rings. The van der Waals surface area contributed by atoms with E-state index in [0.717, 1.165) is 5.56 Å². The topological polar surface area (TPSA) is 115 Å². The summed E-state index contributed by atoms with van der Waals surface area (Å²) < 4.78 is 39.0. The molecule has 0 saturated heterocycles.